The highest BCUT2D eigenvalue weighted by molar-refractivity contribution is 7.09. The van der Waals surface area contributed by atoms with Gasteiger partial charge in [0.2, 0.25) is 5.88 Å². The van der Waals surface area contributed by atoms with Crippen LogP contribution in [0.5, 0.6) is 5.88 Å². The quantitative estimate of drug-likeness (QED) is 0.834. The van der Waals surface area contributed by atoms with E-state index in [4.69, 9.17) is 4.74 Å². The molecule has 5 nitrogen and oxygen atoms in total. The first kappa shape index (κ1) is 9.97. The lowest BCUT2D eigenvalue weighted by atomic mass is 10.2. The van der Waals surface area contributed by atoms with E-state index in [1.165, 1.54) is 16.2 Å². The molecule has 15 heavy (non-hydrogen) atoms. The Hall–Kier alpha value is -1.56. The Morgan fingerprint density at radius 3 is 2.80 bits per heavy atom. The summed E-state index contributed by atoms with van der Waals surface area (Å²) in [5.74, 6) is 0.539. The first-order chi connectivity index (χ1) is 7.13. The zero-order valence-electron chi connectivity index (χ0n) is 8.70. The molecular weight excluding hydrogens is 214 g/mol. The van der Waals surface area contributed by atoms with E-state index in [1.54, 1.807) is 20.2 Å². The van der Waals surface area contributed by atoms with Gasteiger partial charge in [-0.15, -0.1) is 0 Å². The van der Waals surface area contributed by atoms with Crippen molar-refractivity contribution in [2.45, 2.75) is 6.92 Å². The molecule has 6 heteroatoms. The van der Waals surface area contributed by atoms with Gasteiger partial charge in [0.25, 0.3) is 5.56 Å². The van der Waals surface area contributed by atoms with Crippen molar-refractivity contribution in [1.29, 1.82) is 0 Å². The second-order valence-electron chi connectivity index (χ2n) is 3.21. The van der Waals surface area contributed by atoms with Gasteiger partial charge < -0.3 is 4.74 Å². The Kier molecular flexibility index (Phi) is 2.36. The molecule has 2 aromatic heterocycles. The van der Waals surface area contributed by atoms with Gasteiger partial charge in [0.15, 0.2) is 0 Å². The number of aromatic nitrogens is 3. The van der Waals surface area contributed by atoms with E-state index in [2.05, 4.69) is 9.47 Å². The van der Waals surface area contributed by atoms with Crippen molar-refractivity contribution in [2.75, 3.05) is 7.11 Å². The van der Waals surface area contributed by atoms with Gasteiger partial charge in [-0.25, -0.2) is 0 Å². The summed E-state index contributed by atoms with van der Waals surface area (Å²) in [5.41, 5.74) is 1.46. The van der Waals surface area contributed by atoms with Crippen LogP contribution < -0.4 is 10.3 Å². The Balaban J connectivity index is 2.58. The average molecular weight is 225 g/mol. The number of hydrogen-bond acceptors (Lipinski definition) is 4. The molecule has 1 N–H and O–H groups in total. The molecule has 80 valence electrons. The third-order valence-electron chi connectivity index (χ3n) is 2.17. The van der Waals surface area contributed by atoms with E-state index in [-0.39, 0.29) is 5.56 Å². The zero-order valence-corrected chi connectivity index (χ0v) is 9.51. The van der Waals surface area contributed by atoms with E-state index in [9.17, 15) is 4.79 Å². The summed E-state index contributed by atoms with van der Waals surface area (Å²) in [6.07, 6.45) is 0. The lowest BCUT2D eigenvalue weighted by Gasteiger charge is -1.89. The molecule has 2 heterocycles. The highest BCUT2D eigenvalue weighted by atomic mass is 32.1. The maximum atomic E-state index is 11.8. The van der Waals surface area contributed by atoms with Crippen LogP contribution in [-0.2, 0) is 7.05 Å². The molecule has 0 aliphatic carbocycles. The van der Waals surface area contributed by atoms with Gasteiger partial charge in [-0.3, -0.25) is 14.6 Å². The highest BCUT2D eigenvalue weighted by Gasteiger charge is 2.14. The Bertz CT molecular complexity index is 538. The van der Waals surface area contributed by atoms with Gasteiger partial charge in [-0.05, 0) is 18.5 Å². The fourth-order valence-electron chi connectivity index (χ4n) is 1.45. The number of aryl methyl sites for hydroxylation is 2. The number of ether oxygens (including phenoxy) is 1. The van der Waals surface area contributed by atoms with E-state index in [0.717, 1.165) is 10.6 Å². The fourth-order valence-corrected chi connectivity index (χ4v) is 2.25. The Labute approximate surface area is 90.5 Å². The second kappa shape index (κ2) is 3.54. The van der Waals surface area contributed by atoms with E-state index in [0.29, 0.717) is 11.4 Å². The predicted molar refractivity (Wildman–Crippen MR) is 58.4 cm³/mol. The molecule has 0 amide bonds. The van der Waals surface area contributed by atoms with Crippen LogP contribution >= 0.6 is 11.5 Å². The number of nitrogens with one attached hydrogen (secondary N) is 1. The first-order valence-corrected chi connectivity index (χ1v) is 5.17. The minimum atomic E-state index is -0.0428. The monoisotopic (exact) mass is 225 g/mol. The molecule has 2 aromatic rings. The summed E-state index contributed by atoms with van der Waals surface area (Å²) in [6.45, 7) is 1.86. The smallest absolute Gasteiger partial charge is 0.275 e. The molecule has 0 atom stereocenters. The molecule has 0 saturated carbocycles. The minimum Gasteiger partial charge on any atom is -0.480 e. The van der Waals surface area contributed by atoms with Gasteiger partial charge in [-0.2, -0.15) is 4.37 Å². The van der Waals surface area contributed by atoms with Gasteiger partial charge in [0.1, 0.15) is 0 Å². The third-order valence-corrected chi connectivity index (χ3v) is 2.96. The number of methoxy groups -OCH3 is 1. The number of aromatic amines is 1. The standard InChI is InChI=1S/C9H11N3O2S/c1-5-8(9(13)12(2)10-5)6-4-7(14-3)11-15-6/h4,10H,1-3H3. The molecule has 0 bridgehead atoms. The van der Waals surface area contributed by atoms with E-state index < -0.39 is 0 Å². The molecule has 0 fully saturated rings. The molecular formula is C9H11N3O2S. The molecule has 0 radical (unpaired) electrons. The van der Waals surface area contributed by atoms with Crippen LogP contribution in [0.4, 0.5) is 0 Å². The third kappa shape index (κ3) is 1.56. The molecule has 0 aliphatic rings. The fraction of sp³-hybridized carbons (Fsp3) is 0.333. The van der Waals surface area contributed by atoms with Crippen molar-refractivity contribution in [3.05, 3.63) is 22.1 Å². The molecule has 0 unspecified atom stereocenters. The summed E-state index contributed by atoms with van der Waals surface area (Å²) >= 11 is 1.26. The van der Waals surface area contributed by atoms with E-state index >= 15 is 0 Å². The van der Waals surface area contributed by atoms with Gasteiger partial charge >= 0.3 is 0 Å². The van der Waals surface area contributed by atoms with Crippen molar-refractivity contribution in [2.24, 2.45) is 7.05 Å². The van der Waals surface area contributed by atoms with Crippen LogP contribution in [-0.4, -0.2) is 21.3 Å². The molecule has 0 saturated heterocycles. The van der Waals surface area contributed by atoms with Crippen molar-refractivity contribution < 1.29 is 4.74 Å². The average Bonchev–Trinajstić information content (AvgIpc) is 2.74. The van der Waals surface area contributed by atoms with Gasteiger partial charge in [0, 0.05) is 18.8 Å². The van der Waals surface area contributed by atoms with Gasteiger partial charge in [-0.1, -0.05) is 0 Å². The Morgan fingerprint density at radius 2 is 2.33 bits per heavy atom. The number of hydrogen-bond donors (Lipinski definition) is 1. The summed E-state index contributed by atoms with van der Waals surface area (Å²) in [4.78, 5) is 12.6. The van der Waals surface area contributed by atoms with Crippen LogP contribution in [0.1, 0.15) is 5.69 Å². The van der Waals surface area contributed by atoms with Crippen molar-refractivity contribution in [3.8, 4) is 16.3 Å². The number of nitrogens with zero attached hydrogens (tertiary/aromatic N) is 2. The van der Waals surface area contributed by atoms with Crippen LogP contribution in [0.25, 0.3) is 10.4 Å². The summed E-state index contributed by atoms with van der Waals surface area (Å²) in [7, 11) is 3.25. The number of H-pyrrole nitrogens is 1. The topological polar surface area (TPSA) is 59.9 Å². The van der Waals surface area contributed by atoms with Crippen LogP contribution in [0, 0.1) is 6.92 Å². The molecule has 0 spiro atoms. The lowest BCUT2D eigenvalue weighted by molar-refractivity contribution is 0.403. The van der Waals surface area contributed by atoms with Crippen LogP contribution in [0.3, 0.4) is 0 Å². The normalized spacial score (nSPS) is 10.6. The summed E-state index contributed by atoms with van der Waals surface area (Å²) in [5, 5.41) is 2.94. The maximum absolute atomic E-state index is 11.8. The Morgan fingerprint density at radius 1 is 1.60 bits per heavy atom. The van der Waals surface area contributed by atoms with Crippen molar-refractivity contribution in [1.82, 2.24) is 14.2 Å². The highest BCUT2D eigenvalue weighted by Crippen LogP contribution is 2.27. The summed E-state index contributed by atoms with van der Waals surface area (Å²) < 4.78 is 10.5. The molecule has 2 rings (SSSR count). The van der Waals surface area contributed by atoms with Crippen molar-refractivity contribution >= 4 is 11.5 Å². The van der Waals surface area contributed by atoms with Gasteiger partial charge in [0.05, 0.1) is 17.6 Å². The lowest BCUT2D eigenvalue weighted by Crippen LogP contribution is -2.12. The predicted octanol–water partition coefficient (Wildman–Crippen LogP) is 1.15. The minimum absolute atomic E-state index is 0.0428. The largest absolute Gasteiger partial charge is 0.480 e. The van der Waals surface area contributed by atoms with Crippen molar-refractivity contribution in [3.63, 3.8) is 0 Å². The SMILES string of the molecule is COc1cc(-c2c(C)[nH]n(C)c2=O)sn1. The second-order valence-corrected chi connectivity index (χ2v) is 4.01. The van der Waals surface area contributed by atoms with Crippen LogP contribution in [0.2, 0.25) is 0 Å². The first-order valence-electron chi connectivity index (χ1n) is 4.40. The molecule has 0 aliphatic heterocycles. The van der Waals surface area contributed by atoms with Crippen LogP contribution in [0.15, 0.2) is 10.9 Å². The maximum Gasteiger partial charge on any atom is 0.275 e. The zero-order chi connectivity index (χ0) is 11.0. The van der Waals surface area contributed by atoms with E-state index in [1.807, 2.05) is 6.92 Å². The number of rotatable bonds is 2. The molecule has 0 aromatic carbocycles. The summed E-state index contributed by atoms with van der Waals surface area (Å²) in [6, 6.07) is 1.77.